The first kappa shape index (κ1) is 10.5. The molecule has 0 radical (unpaired) electrons. The highest BCUT2D eigenvalue weighted by Gasteiger charge is 2.61. The third-order valence-corrected chi connectivity index (χ3v) is 3.41. The highest BCUT2D eigenvalue weighted by molar-refractivity contribution is 5.70. The molecule has 1 saturated heterocycles. The smallest absolute Gasteiger partial charge is 0.410 e. The van der Waals surface area contributed by atoms with Gasteiger partial charge >= 0.3 is 6.09 Å². The van der Waals surface area contributed by atoms with E-state index in [0.717, 1.165) is 13.1 Å². The van der Waals surface area contributed by atoms with Gasteiger partial charge in [0.05, 0.1) is 0 Å². The van der Waals surface area contributed by atoms with Crippen molar-refractivity contribution >= 4 is 6.09 Å². The van der Waals surface area contributed by atoms with Gasteiger partial charge < -0.3 is 9.64 Å². The summed E-state index contributed by atoms with van der Waals surface area (Å²) in [5.74, 6) is 0.505. The van der Waals surface area contributed by atoms with Crippen LogP contribution in [0.25, 0.3) is 0 Å². The largest absolute Gasteiger partial charge is 0.444 e. The summed E-state index contributed by atoms with van der Waals surface area (Å²) in [5, 5.41) is 0. The number of likely N-dealkylation sites (tertiary alicyclic amines) is 1. The van der Waals surface area contributed by atoms with Gasteiger partial charge in [-0.2, -0.15) is 0 Å². The summed E-state index contributed by atoms with van der Waals surface area (Å²) in [6.07, 6.45) is -0.191. The topological polar surface area (TPSA) is 29.5 Å². The molecule has 3 heteroatoms. The second-order valence-corrected chi connectivity index (χ2v) is 5.86. The Balaban J connectivity index is 1.94. The molecular formula is C12H19NO2. The normalized spacial score (nSPS) is 34.0. The summed E-state index contributed by atoms with van der Waals surface area (Å²) >= 11 is 0. The van der Waals surface area contributed by atoms with Gasteiger partial charge in [0.2, 0.25) is 0 Å². The molecule has 2 aliphatic rings. The average Bonchev–Trinajstić information content (AvgIpc) is 2.43. The minimum atomic E-state index is -0.401. The predicted octanol–water partition coefficient (Wildman–Crippen LogP) is 2.43. The van der Waals surface area contributed by atoms with Crippen molar-refractivity contribution in [2.75, 3.05) is 13.1 Å². The Morgan fingerprint density at radius 2 is 2.20 bits per heavy atom. The second-order valence-electron chi connectivity index (χ2n) is 5.86. The minimum Gasteiger partial charge on any atom is -0.444 e. The van der Waals surface area contributed by atoms with Crippen LogP contribution in [0.15, 0.2) is 12.2 Å². The molecule has 1 amide bonds. The van der Waals surface area contributed by atoms with E-state index in [1.54, 1.807) is 4.90 Å². The van der Waals surface area contributed by atoms with Gasteiger partial charge in [-0.05, 0) is 20.8 Å². The van der Waals surface area contributed by atoms with Gasteiger partial charge in [0.1, 0.15) is 5.60 Å². The first-order valence-corrected chi connectivity index (χ1v) is 5.41. The SMILES string of the molecule is C=C1[C@@H]2CN(C(=O)OC(C)(C)C)C[C@]12C. The molecule has 2 fully saturated rings. The van der Waals surface area contributed by atoms with E-state index in [9.17, 15) is 4.79 Å². The van der Waals surface area contributed by atoms with Crippen LogP contribution in [-0.2, 0) is 4.74 Å². The maximum atomic E-state index is 11.7. The van der Waals surface area contributed by atoms with Crippen molar-refractivity contribution in [2.45, 2.75) is 33.3 Å². The van der Waals surface area contributed by atoms with Gasteiger partial charge in [0, 0.05) is 24.4 Å². The molecule has 2 atom stereocenters. The van der Waals surface area contributed by atoms with Gasteiger partial charge in [0.25, 0.3) is 0 Å². The van der Waals surface area contributed by atoms with E-state index in [1.807, 2.05) is 20.8 Å². The van der Waals surface area contributed by atoms with E-state index in [2.05, 4.69) is 13.5 Å². The maximum absolute atomic E-state index is 11.7. The lowest BCUT2D eigenvalue weighted by Crippen LogP contribution is -2.37. The molecule has 15 heavy (non-hydrogen) atoms. The Bertz CT molecular complexity index is 329. The number of nitrogens with zero attached hydrogens (tertiary/aromatic N) is 1. The van der Waals surface area contributed by atoms with Crippen LogP contribution >= 0.6 is 0 Å². The molecule has 1 aliphatic heterocycles. The molecule has 0 aromatic carbocycles. The minimum absolute atomic E-state index is 0.177. The number of rotatable bonds is 0. The molecule has 0 unspecified atom stereocenters. The Morgan fingerprint density at radius 1 is 1.60 bits per heavy atom. The quantitative estimate of drug-likeness (QED) is 0.573. The highest BCUT2D eigenvalue weighted by atomic mass is 16.6. The third kappa shape index (κ3) is 1.64. The van der Waals surface area contributed by atoms with E-state index < -0.39 is 5.60 Å². The van der Waals surface area contributed by atoms with Crippen molar-refractivity contribution in [3.05, 3.63) is 12.2 Å². The number of carbonyl (C=O) groups excluding carboxylic acids is 1. The van der Waals surface area contributed by atoms with Crippen molar-refractivity contribution in [3.63, 3.8) is 0 Å². The maximum Gasteiger partial charge on any atom is 0.410 e. The van der Waals surface area contributed by atoms with E-state index in [4.69, 9.17) is 4.74 Å². The Kier molecular flexibility index (Phi) is 1.95. The van der Waals surface area contributed by atoms with Gasteiger partial charge in [-0.25, -0.2) is 4.79 Å². The van der Waals surface area contributed by atoms with Crippen LogP contribution in [0.3, 0.4) is 0 Å². The van der Waals surface area contributed by atoms with Crippen molar-refractivity contribution in [3.8, 4) is 0 Å². The van der Waals surface area contributed by atoms with Crippen LogP contribution in [0.1, 0.15) is 27.7 Å². The lowest BCUT2D eigenvalue weighted by Gasteiger charge is -2.26. The zero-order valence-electron chi connectivity index (χ0n) is 9.96. The number of ether oxygens (including phenoxy) is 1. The monoisotopic (exact) mass is 209 g/mol. The molecule has 0 N–H and O–H groups in total. The molecule has 84 valence electrons. The van der Waals surface area contributed by atoms with Crippen molar-refractivity contribution in [1.82, 2.24) is 4.90 Å². The standard InChI is InChI=1S/C12H19NO2/c1-8-9-6-13(7-12(8,9)5)10(14)15-11(2,3)4/h9H,1,6-7H2,2-5H3/t9-,12+/m0/s1. The molecule has 0 aromatic heterocycles. The third-order valence-electron chi connectivity index (χ3n) is 3.41. The van der Waals surface area contributed by atoms with Crippen molar-refractivity contribution in [2.24, 2.45) is 11.3 Å². The summed E-state index contributed by atoms with van der Waals surface area (Å²) < 4.78 is 5.33. The molecule has 1 saturated carbocycles. The summed E-state index contributed by atoms with van der Waals surface area (Å²) in [4.78, 5) is 13.5. The van der Waals surface area contributed by atoms with E-state index >= 15 is 0 Å². The fourth-order valence-corrected chi connectivity index (χ4v) is 2.32. The van der Waals surface area contributed by atoms with Crippen LogP contribution < -0.4 is 0 Å². The van der Waals surface area contributed by atoms with Crippen LogP contribution in [-0.4, -0.2) is 29.7 Å². The predicted molar refractivity (Wildman–Crippen MR) is 58.5 cm³/mol. The van der Waals surface area contributed by atoms with E-state index in [-0.39, 0.29) is 11.5 Å². The number of fused-ring (bicyclic) bond motifs is 1. The molecule has 0 bridgehead atoms. The van der Waals surface area contributed by atoms with Gasteiger partial charge in [-0.3, -0.25) is 0 Å². The first-order valence-electron chi connectivity index (χ1n) is 5.41. The van der Waals surface area contributed by atoms with Crippen LogP contribution in [0, 0.1) is 11.3 Å². The molecule has 0 aromatic rings. The average molecular weight is 209 g/mol. The summed E-state index contributed by atoms with van der Waals surface area (Å²) in [6, 6.07) is 0. The van der Waals surface area contributed by atoms with Crippen LogP contribution in [0.4, 0.5) is 4.79 Å². The molecule has 2 rings (SSSR count). The molecule has 0 spiro atoms. The lowest BCUT2D eigenvalue weighted by molar-refractivity contribution is 0.0272. The molecule has 1 aliphatic carbocycles. The number of hydrogen-bond acceptors (Lipinski definition) is 2. The van der Waals surface area contributed by atoms with E-state index in [1.165, 1.54) is 5.57 Å². The summed E-state index contributed by atoms with van der Waals surface area (Å²) in [5.41, 5.74) is 1.07. The fraction of sp³-hybridized carbons (Fsp3) is 0.750. The molecular weight excluding hydrogens is 190 g/mol. The lowest BCUT2D eigenvalue weighted by atomic mass is 10.1. The van der Waals surface area contributed by atoms with Crippen LogP contribution in [0.2, 0.25) is 0 Å². The zero-order valence-corrected chi connectivity index (χ0v) is 9.96. The number of piperidine rings is 1. The summed E-state index contributed by atoms with van der Waals surface area (Å²) in [7, 11) is 0. The van der Waals surface area contributed by atoms with Crippen molar-refractivity contribution in [1.29, 1.82) is 0 Å². The number of hydrogen-bond donors (Lipinski definition) is 0. The molecule has 1 heterocycles. The molecule has 3 nitrogen and oxygen atoms in total. The summed E-state index contributed by atoms with van der Waals surface area (Å²) in [6.45, 7) is 13.4. The van der Waals surface area contributed by atoms with Gasteiger partial charge in [-0.1, -0.05) is 19.1 Å². The number of carbonyl (C=O) groups is 1. The van der Waals surface area contributed by atoms with Gasteiger partial charge in [0.15, 0.2) is 0 Å². The second kappa shape index (κ2) is 2.77. The van der Waals surface area contributed by atoms with Crippen molar-refractivity contribution < 1.29 is 9.53 Å². The van der Waals surface area contributed by atoms with E-state index in [0.29, 0.717) is 5.92 Å². The van der Waals surface area contributed by atoms with Crippen LogP contribution in [0.5, 0.6) is 0 Å². The Morgan fingerprint density at radius 3 is 2.60 bits per heavy atom. The number of amides is 1. The zero-order chi connectivity index (χ0) is 11.4. The first-order chi connectivity index (χ1) is 6.74. The van der Waals surface area contributed by atoms with Gasteiger partial charge in [-0.15, -0.1) is 0 Å². The highest BCUT2D eigenvalue weighted by Crippen LogP contribution is 2.61. The fourth-order valence-electron chi connectivity index (χ4n) is 2.32. The Hall–Kier alpha value is -0.990. The Labute approximate surface area is 91.1 Å².